The van der Waals surface area contributed by atoms with Crippen molar-refractivity contribution in [2.45, 2.75) is 32.2 Å². The normalized spacial score (nSPS) is 16.1. The number of carbonyl (C=O) groups excluding carboxylic acids is 3. The second-order valence-corrected chi connectivity index (χ2v) is 8.76. The van der Waals surface area contributed by atoms with Crippen LogP contribution in [0.4, 0.5) is 10.1 Å². The number of rotatable bonds is 9. The quantitative estimate of drug-likeness (QED) is 0.266. The van der Waals surface area contributed by atoms with Crippen LogP contribution in [-0.4, -0.2) is 43.2 Å². The Morgan fingerprint density at radius 1 is 0.973 bits per heavy atom. The summed E-state index contributed by atoms with van der Waals surface area (Å²) in [6, 6.07) is 23.0. The molecule has 4 rings (SSSR count). The molecular formula is C29H29FN2O5. The molecule has 8 heteroatoms. The Morgan fingerprint density at radius 3 is 2.35 bits per heavy atom. The van der Waals surface area contributed by atoms with Crippen LogP contribution in [0, 0.1) is 0 Å². The fourth-order valence-electron chi connectivity index (χ4n) is 4.25. The highest BCUT2D eigenvalue weighted by atomic mass is 19.1. The van der Waals surface area contributed by atoms with E-state index in [9.17, 15) is 14.4 Å². The lowest BCUT2D eigenvalue weighted by Crippen LogP contribution is -2.52. The van der Waals surface area contributed by atoms with Gasteiger partial charge in [-0.05, 0) is 36.6 Å². The molecule has 0 radical (unpaired) electrons. The van der Waals surface area contributed by atoms with Gasteiger partial charge in [0.1, 0.15) is 6.04 Å². The first kappa shape index (κ1) is 26.0. The number of hydrogen-bond acceptors (Lipinski definition) is 5. The van der Waals surface area contributed by atoms with Gasteiger partial charge >= 0.3 is 5.97 Å². The molecular weight excluding hydrogens is 475 g/mol. The molecule has 0 saturated heterocycles. The molecule has 37 heavy (non-hydrogen) atoms. The Balaban J connectivity index is 1.64. The lowest BCUT2D eigenvalue weighted by molar-refractivity contribution is -0.162. The standard InChI is InChI=1S/C29H29FN2O5/c1-3-37-28(35)29(2,30)27(34)31-25-23-15-8-7-13-21(23)22-14-9-10-16-24(22)32(26(25)33)17-18-36-19-20-11-5-4-6-12-20/h4-16,25H,3,17-19H2,1-2H3,(H,31,34)/t25-,29-/m0/s1. The van der Waals surface area contributed by atoms with Crippen molar-refractivity contribution in [3.05, 3.63) is 90.0 Å². The van der Waals surface area contributed by atoms with Gasteiger partial charge in [-0.1, -0.05) is 72.8 Å². The Labute approximate surface area is 215 Å². The topological polar surface area (TPSA) is 84.9 Å². The Hall–Kier alpha value is -4.04. The van der Waals surface area contributed by atoms with Gasteiger partial charge in [-0.15, -0.1) is 0 Å². The smallest absolute Gasteiger partial charge is 0.353 e. The van der Waals surface area contributed by atoms with Gasteiger partial charge in [0.15, 0.2) is 0 Å². The van der Waals surface area contributed by atoms with Crippen LogP contribution < -0.4 is 10.2 Å². The van der Waals surface area contributed by atoms with Crippen molar-refractivity contribution in [3.63, 3.8) is 0 Å². The van der Waals surface area contributed by atoms with Gasteiger partial charge in [0.05, 0.1) is 25.5 Å². The molecule has 1 aliphatic rings. The molecule has 1 aliphatic heterocycles. The summed E-state index contributed by atoms with van der Waals surface area (Å²) in [7, 11) is 0. The number of alkyl halides is 1. The summed E-state index contributed by atoms with van der Waals surface area (Å²) in [5, 5.41) is 2.48. The van der Waals surface area contributed by atoms with Crippen LogP contribution in [-0.2, 0) is 30.5 Å². The fraction of sp³-hybridized carbons (Fsp3) is 0.276. The van der Waals surface area contributed by atoms with Crippen LogP contribution >= 0.6 is 0 Å². The number of anilines is 1. The third kappa shape index (κ3) is 5.54. The van der Waals surface area contributed by atoms with E-state index in [0.29, 0.717) is 17.9 Å². The summed E-state index contributed by atoms with van der Waals surface area (Å²) in [5.41, 5.74) is 0.701. The van der Waals surface area contributed by atoms with Gasteiger partial charge in [-0.3, -0.25) is 9.59 Å². The molecule has 3 aromatic carbocycles. The molecule has 0 bridgehead atoms. The number of ether oxygens (including phenoxy) is 2. The van der Waals surface area contributed by atoms with E-state index in [2.05, 4.69) is 5.32 Å². The van der Waals surface area contributed by atoms with Crippen LogP contribution in [0.25, 0.3) is 11.1 Å². The van der Waals surface area contributed by atoms with Gasteiger partial charge in [-0.25, -0.2) is 9.18 Å². The zero-order valence-corrected chi connectivity index (χ0v) is 20.8. The van der Waals surface area contributed by atoms with E-state index in [0.717, 1.165) is 23.6 Å². The van der Waals surface area contributed by atoms with Crippen LogP contribution in [0.5, 0.6) is 0 Å². The van der Waals surface area contributed by atoms with Gasteiger partial charge in [0.25, 0.3) is 17.5 Å². The van der Waals surface area contributed by atoms with Crippen molar-refractivity contribution in [2.24, 2.45) is 0 Å². The summed E-state index contributed by atoms with van der Waals surface area (Å²) >= 11 is 0. The minimum Gasteiger partial charge on any atom is -0.463 e. The van der Waals surface area contributed by atoms with Gasteiger partial charge in [-0.2, -0.15) is 0 Å². The predicted octanol–water partition coefficient (Wildman–Crippen LogP) is 4.37. The van der Waals surface area contributed by atoms with E-state index in [4.69, 9.17) is 9.47 Å². The maximum Gasteiger partial charge on any atom is 0.353 e. The number of esters is 1. The SMILES string of the molecule is CCOC(=O)[C@@](C)(F)C(=O)N[C@@H]1C(=O)N(CCOCc2ccccc2)c2ccccc2-c2ccccc21. The first-order valence-electron chi connectivity index (χ1n) is 12.1. The molecule has 3 aromatic rings. The van der Waals surface area contributed by atoms with Crippen molar-refractivity contribution < 1.29 is 28.2 Å². The number of para-hydroxylation sites is 1. The molecule has 0 saturated carbocycles. The Morgan fingerprint density at radius 2 is 1.62 bits per heavy atom. The average Bonchev–Trinajstić information content (AvgIpc) is 3.01. The summed E-state index contributed by atoms with van der Waals surface area (Å²) in [6.45, 7) is 3.08. The highest BCUT2D eigenvalue weighted by molar-refractivity contribution is 6.10. The molecule has 0 unspecified atom stereocenters. The molecule has 2 atom stereocenters. The summed E-state index contributed by atoms with van der Waals surface area (Å²) in [6.07, 6.45) is 0. The first-order valence-corrected chi connectivity index (χ1v) is 12.1. The number of amides is 2. The molecule has 0 aliphatic carbocycles. The third-order valence-corrected chi connectivity index (χ3v) is 6.20. The highest BCUT2D eigenvalue weighted by Crippen LogP contribution is 2.40. The number of nitrogens with zero attached hydrogens (tertiary/aromatic N) is 1. The molecule has 1 N–H and O–H groups in total. The molecule has 0 fully saturated rings. The molecule has 192 valence electrons. The largest absolute Gasteiger partial charge is 0.463 e. The monoisotopic (exact) mass is 504 g/mol. The van der Waals surface area contributed by atoms with Gasteiger partial charge in [0, 0.05) is 12.1 Å². The van der Waals surface area contributed by atoms with Crippen LogP contribution in [0.3, 0.4) is 0 Å². The van der Waals surface area contributed by atoms with Crippen LogP contribution in [0.15, 0.2) is 78.9 Å². The fourth-order valence-corrected chi connectivity index (χ4v) is 4.25. The summed E-state index contributed by atoms with van der Waals surface area (Å²) in [5.74, 6) is -3.02. The highest BCUT2D eigenvalue weighted by Gasteiger charge is 2.46. The van der Waals surface area contributed by atoms with E-state index in [1.807, 2.05) is 66.7 Å². The minimum absolute atomic E-state index is 0.0805. The number of benzene rings is 3. The average molecular weight is 505 g/mol. The van der Waals surface area contributed by atoms with Crippen molar-refractivity contribution in [1.29, 1.82) is 0 Å². The van der Waals surface area contributed by atoms with E-state index in [1.54, 1.807) is 12.1 Å². The second-order valence-electron chi connectivity index (χ2n) is 8.76. The van der Waals surface area contributed by atoms with E-state index in [-0.39, 0.29) is 19.8 Å². The Bertz CT molecular complexity index is 1280. The van der Waals surface area contributed by atoms with Crippen LogP contribution in [0.1, 0.15) is 31.0 Å². The predicted molar refractivity (Wildman–Crippen MR) is 137 cm³/mol. The summed E-state index contributed by atoms with van der Waals surface area (Å²) < 4.78 is 25.7. The zero-order chi connectivity index (χ0) is 26.4. The maximum atomic E-state index is 15.2. The van der Waals surface area contributed by atoms with Crippen molar-refractivity contribution in [2.75, 3.05) is 24.7 Å². The molecule has 0 spiro atoms. The van der Waals surface area contributed by atoms with Crippen LogP contribution in [0.2, 0.25) is 0 Å². The van der Waals surface area contributed by atoms with E-state index in [1.165, 1.54) is 11.8 Å². The molecule has 7 nitrogen and oxygen atoms in total. The first-order chi connectivity index (χ1) is 17.8. The van der Waals surface area contributed by atoms with Gasteiger partial charge < -0.3 is 19.7 Å². The maximum absolute atomic E-state index is 15.2. The van der Waals surface area contributed by atoms with Crippen molar-refractivity contribution in [3.8, 4) is 11.1 Å². The molecule has 0 aromatic heterocycles. The molecule has 2 amide bonds. The van der Waals surface area contributed by atoms with Gasteiger partial charge in [0.2, 0.25) is 0 Å². The van der Waals surface area contributed by atoms with E-state index >= 15 is 4.39 Å². The number of nitrogens with one attached hydrogen (secondary N) is 1. The lowest BCUT2D eigenvalue weighted by atomic mass is 9.95. The number of halogens is 1. The summed E-state index contributed by atoms with van der Waals surface area (Å²) in [4.78, 5) is 40.5. The third-order valence-electron chi connectivity index (χ3n) is 6.20. The second kappa shape index (κ2) is 11.3. The van der Waals surface area contributed by atoms with Crippen molar-refractivity contribution in [1.82, 2.24) is 5.32 Å². The lowest BCUT2D eigenvalue weighted by Gasteiger charge is -2.28. The van der Waals surface area contributed by atoms with Crippen molar-refractivity contribution >= 4 is 23.5 Å². The minimum atomic E-state index is -2.96. The zero-order valence-electron chi connectivity index (χ0n) is 20.8. The number of hydrogen-bond donors (Lipinski definition) is 1. The number of carbonyl (C=O) groups is 3. The molecule has 1 heterocycles. The number of fused-ring (bicyclic) bond motifs is 3. The Kier molecular flexibility index (Phi) is 7.98. The van der Waals surface area contributed by atoms with E-state index < -0.39 is 29.5 Å².